The summed E-state index contributed by atoms with van der Waals surface area (Å²) >= 11 is 0. The second-order valence-corrected chi connectivity index (χ2v) is 4.54. The van der Waals surface area contributed by atoms with E-state index in [1.54, 1.807) is 21.3 Å². The van der Waals surface area contributed by atoms with Gasteiger partial charge in [0.15, 0.2) is 11.5 Å². The van der Waals surface area contributed by atoms with Gasteiger partial charge in [0, 0.05) is 17.6 Å². The summed E-state index contributed by atoms with van der Waals surface area (Å²) in [6.45, 7) is 0. The van der Waals surface area contributed by atoms with Gasteiger partial charge in [-0.25, -0.2) is 4.68 Å². The average Bonchev–Trinajstić information content (AvgIpc) is 2.96. The third-order valence-electron chi connectivity index (χ3n) is 3.35. The van der Waals surface area contributed by atoms with Gasteiger partial charge in [0.05, 0.1) is 32.5 Å². The first-order valence-corrected chi connectivity index (χ1v) is 6.51. The quantitative estimate of drug-likeness (QED) is 0.738. The fourth-order valence-electron chi connectivity index (χ4n) is 2.22. The Labute approximate surface area is 122 Å². The minimum Gasteiger partial charge on any atom is -0.497 e. The molecule has 0 saturated heterocycles. The molecule has 108 valence electrons. The summed E-state index contributed by atoms with van der Waals surface area (Å²) < 4.78 is 17.6. The molecule has 0 radical (unpaired) electrons. The summed E-state index contributed by atoms with van der Waals surface area (Å²) in [7, 11) is 4.89. The largest absolute Gasteiger partial charge is 0.497 e. The summed E-state index contributed by atoms with van der Waals surface area (Å²) in [5.74, 6) is 2.18. The molecule has 0 aliphatic carbocycles. The van der Waals surface area contributed by atoms with Crippen LogP contribution in [-0.4, -0.2) is 31.1 Å². The number of hydrogen-bond acceptors (Lipinski definition) is 4. The monoisotopic (exact) mass is 284 g/mol. The molecule has 0 spiro atoms. The molecule has 0 unspecified atom stereocenters. The summed E-state index contributed by atoms with van der Waals surface area (Å²) in [5.41, 5.74) is 1.81. The Kier molecular flexibility index (Phi) is 3.39. The van der Waals surface area contributed by atoms with E-state index in [2.05, 4.69) is 5.10 Å². The van der Waals surface area contributed by atoms with E-state index in [0.717, 1.165) is 22.3 Å². The van der Waals surface area contributed by atoms with Crippen molar-refractivity contribution in [3.05, 3.63) is 42.6 Å². The topological polar surface area (TPSA) is 45.5 Å². The zero-order valence-electron chi connectivity index (χ0n) is 12.2. The molecule has 1 aromatic heterocycles. The molecule has 5 nitrogen and oxygen atoms in total. The van der Waals surface area contributed by atoms with Gasteiger partial charge in [-0.3, -0.25) is 0 Å². The van der Waals surface area contributed by atoms with Crippen molar-refractivity contribution in [3.63, 3.8) is 0 Å². The Bertz CT molecular complexity index is 722. The molecule has 2 aromatic carbocycles. The molecule has 0 aliphatic rings. The van der Waals surface area contributed by atoms with Crippen LogP contribution in [0.15, 0.2) is 42.6 Å². The van der Waals surface area contributed by atoms with Crippen molar-refractivity contribution in [3.8, 4) is 22.9 Å². The number of fused-ring (bicyclic) bond motifs is 1. The second kappa shape index (κ2) is 5.36. The van der Waals surface area contributed by atoms with Gasteiger partial charge in [-0.15, -0.1) is 0 Å². The van der Waals surface area contributed by atoms with Gasteiger partial charge in [0.1, 0.15) is 5.75 Å². The number of methoxy groups -OCH3 is 3. The van der Waals surface area contributed by atoms with Crippen LogP contribution in [0.2, 0.25) is 0 Å². The van der Waals surface area contributed by atoms with E-state index in [-0.39, 0.29) is 0 Å². The molecule has 0 amide bonds. The molecule has 21 heavy (non-hydrogen) atoms. The lowest BCUT2D eigenvalue weighted by Gasteiger charge is -2.05. The molecule has 0 bridgehead atoms. The van der Waals surface area contributed by atoms with Crippen LogP contribution in [0, 0.1) is 0 Å². The van der Waals surface area contributed by atoms with Crippen LogP contribution in [0.1, 0.15) is 0 Å². The molecular formula is C16H16N2O3. The Hall–Kier alpha value is -2.69. The van der Waals surface area contributed by atoms with Crippen LogP contribution in [0.5, 0.6) is 17.2 Å². The van der Waals surface area contributed by atoms with Crippen molar-refractivity contribution < 1.29 is 14.2 Å². The highest BCUT2D eigenvalue weighted by atomic mass is 16.5. The predicted octanol–water partition coefficient (Wildman–Crippen LogP) is 3.05. The summed E-state index contributed by atoms with van der Waals surface area (Å²) in [6.07, 6.45) is 1.96. The van der Waals surface area contributed by atoms with Crippen molar-refractivity contribution in [2.24, 2.45) is 0 Å². The molecule has 1 heterocycles. The van der Waals surface area contributed by atoms with Gasteiger partial charge >= 0.3 is 0 Å². The molecule has 5 heteroatoms. The van der Waals surface area contributed by atoms with Crippen LogP contribution in [0.25, 0.3) is 16.6 Å². The van der Waals surface area contributed by atoms with Crippen LogP contribution < -0.4 is 14.2 Å². The SMILES string of the molecule is COc1ccc(-n2cc3cc(OC)c(OC)cc3n2)cc1. The minimum atomic E-state index is 0.671. The number of rotatable bonds is 4. The Balaban J connectivity index is 2.07. The molecule has 0 aliphatic heterocycles. The van der Waals surface area contributed by atoms with Gasteiger partial charge in [0.25, 0.3) is 0 Å². The predicted molar refractivity (Wildman–Crippen MR) is 80.7 cm³/mol. The Morgan fingerprint density at radius 3 is 2.14 bits per heavy atom. The van der Waals surface area contributed by atoms with E-state index in [1.807, 2.05) is 47.3 Å². The zero-order chi connectivity index (χ0) is 14.8. The first kappa shape index (κ1) is 13.3. The van der Waals surface area contributed by atoms with E-state index in [0.29, 0.717) is 11.5 Å². The van der Waals surface area contributed by atoms with Crippen LogP contribution in [-0.2, 0) is 0 Å². The van der Waals surface area contributed by atoms with E-state index in [4.69, 9.17) is 14.2 Å². The maximum atomic E-state index is 5.31. The zero-order valence-corrected chi connectivity index (χ0v) is 12.2. The van der Waals surface area contributed by atoms with Crippen LogP contribution in [0.4, 0.5) is 0 Å². The highest BCUT2D eigenvalue weighted by Crippen LogP contribution is 2.32. The lowest BCUT2D eigenvalue weighted by Crippen LogP contribution is -1.94. The fourth-order valence-corrected chi connectivity index (χ4v) is 2.22. The minimum absolute atomic E-state index is 0.671. The number of ether oxygens (including phenoxy) is 3. The standard InChI is InChI=1S/C16H16N2O3/c1-19-13-6-4-12(5-7-13)18-10-11-8-15(20-2)16(21-3)9-14(11)17-18/h4-10H,1-3H3. The summed E-state index contributed by atoms with van der Waals surface area (Å²) in [4.78, 5) is 0. The molecule has 3 aromatic rings. The Morgan fingerprint density at radius 1 is 0.857 bits per heavy atom. The average molecular weight is 284 g/mol. The third kappa shape index (κ3) is 2.38. The van der Waals surface area contributed by atoms with Crippen molar-refractivity contribution in [2.75, 3.05) is 21.3 Å². The summed E-state index contributed by atoms with van der Waals surface area (Å²) in [6, 6.07) is 11.5. The van der Waals surface area contributed by atoms with E-state index in [1.165, 1.54) is 0 Å². The highest BCUT2D eigenvalue weighted by molar-refractivity contribution is 5.82. The van der Waals surface area contributed by atoms with Gasteiger partial charge in [-0.05, 0) is 30.3 Å². The molecule has 0 N–H and O–H groups in total. The van der Waals surface area contributed by atoms with Crippen molar-refractivity contribution in [1.82, 2.24) is 9.78 Å². The van der Waals surface area contributed by atoms with E-state index in [9.17, 15) is 0 Å². The first-order chi connectivity index (χ1) is 10.2. The number of aromatic nitrogens is 2. The maximum absolute atomic E-state index is 5.31. The second-order valence-electron chi connectivity index (χ2n) is 4.54. The third-order valence-corrected chi connectivity index (χ3v) is 3.35. The summed E-state index contributed by atoms with van der Waals surface area (Å²) in [5, 5.41) is 5.55. The van der Waals surface area contributed by atoms with Crippen molar-refractivity contribution in [1.29, 1.82) is 0 Å². The molecule has 0 atom stereocenters. The number of hydrogen-bond donors (Lipinski definition) is 0. The molecule has 0 fully saturated rings. The highest BCUT2D eigenvalue weighted by Gasteiger charge is 2.09. The number of nitrogens with zero attached hydrogens (tertiary/aromatic N) is 2. The molecule has 3 rings (SSSR count). The normalized spacial score (nSPS) is 10.6. The van der Waals surface area contributed by atoms with E-state index < -0.39 is 0 Å². The lowest BCUT2D eigenvalue weighted by molar-refractivity contribution is 0.356. The van der Waals surface area contributed by atoms with Gasteiger partial charge in [0.2, 0.25) is 0 Å². The van der Waals surface area contributed by atoms with Crippen LogP contribution >= 0.6 is 0 Å². The maximum Gasteiger partial charge on any atom is 0.162 e. The van der Waals surface area contributed by atoms with Gasteiger partial charge < -0.3 is 14.2 Å². The van der Waals surface area contributed by atoms with Crippen molar-refractivity contribution >= 4 is 10.9 Å². The lowest BCUT2D eigenvalue weighted by atomic mass is 10.2. The van der Waals surface area contributed by atoms with E-state index >= 15 is 0 Å². The van der Waals surface area contributed by atoms with Gasteiger partial charge in [-0.1, -0.05) is 0 Å². The molecular weight excluding hydrogens is 268 g/mol. The molecule has 0 saturated carbocycles. The Morgan fingerprint density at radius 2 is 1.52 bits per heavy atom. The van der Waals surface area contributed by atoms with Crippen LogP contribution in [0.3, 0.4) is 0 Å². The number of benzene rings is 2. The fraction of sp³-hybridized carbons (Fsp3) is 0.188. The smallest absolute Gasteiger partial charge is 0.162 e. The first-order valence-electron chi connectivity index (χ1n) is 6.51. The van der Waals surface area contributed by atoms with Crippen molar-refractivity contribution in [2.45, 2.75) is 0 Å². The van der Waals surface area contributed by atoms with Gasteiger partial charge in [-0.2, -0.15) is 5.10 Å².